The molecule has 0 radical (unpaired) electrons. The molecule has 13 nitrogen and oxygen atoms in total. The summed E-state index contributed by atoms with van der Waals surface area (Å²) in [5.74, 6) is -1.23. The molecule has 0 aliphatic carbocycles. The van der Waals surface area contributed by atoms with E-state index in [1.807, 2.05) is 0 Å². The number of ether oxygens (including phenoxy) is 2. The number of aliphatic hydroxyl groups excluding tert-OH is 3. The van der Waals surface area contributed by atoms with Crippen LogP contribution in [0, 0.1) is 0 Å². The molecule has 3 heterocycles. The van der Waals surface area contributed by atoms with Crippen LogP contribution in [0.15, 0.2) is 11.1 Å². The second kappa shape index (κ2) is 8.22. The van der Waals surface area contributed by atoms with E-state index in [1.165, 1.54) is 24.7 Å². The zero-order valence-corrected chi connectivity index (χ0v) is 14.4. The number of imidazole rings is 1. The van der Waals surface area contributed by atoms with E-state index in [0.717, 1.165) is 0 Å². The highest BCUT2D eigenvalue weighted by molar-refractivity contribution is 5.82. The van der Waals surface area contributed by atoms with Gasteiger partial charge in [0.1, 0.15) is 18.3 Å². The minimum Gasteiger partial charge on any atom is -0.394 e. The predicted octanol–water partition coefficient (Wildman–Crippen LogP) is -2.59. The largest absolute Gasteiger partial charge is 0.394 e. The van der Waals surface area contributed by atoms with Gasteiger partial charge in [0.25, 0.3) is 5.56 Å². The average Bonchev–Trinajstić information content (AvgIpc) is 3.09. The summed E-state index contributed by atoms with van der Waals surface area (Å²) in [4.78, 5) is 41.4. The number of nitrogens with one attached hydrogen (secondary N) is 1. The molecule has 4 atom stereocenters. The van der Waals surface area contributed by atoms with Crippen molar-refractivity contribution in [3.8, 4) is 0 Å². The quantitative estimate of drug-likeness (QED) is 0.268. The molecule has 0 saturated carbocycles. The van der Waals surface area contributed by atoms with E-state index >= 15 is 0 Å². The Kier molecular flexibility index (Phi) is 6.22. The first kappa shape index (κ1) is 20.4. The third-order valence-corrected chi connectivity index (χ3v) is 3.53. The van der Waals surface area contributed by atoms with Crippen molar-refractivity contribution in [2.75, 3.05) is 12.3 Å². The van der Waals surface area contributed by atoms with Crippen molar-refractivity contribution in [3.05, 3.63) is 16.7 Å². The molecular formula is C14H19N5O8. The van der Waals surface area contributed by atoms with Gasteiger partial charge in [0, 0.05) is 13.8 Å². The van der Waals surface area contributed by atoms with Crippen molar-refractivity contribution in [2.45, 2.75) is 38.4 Å². The van der Waals surface area contributed by atoms with Crippen LogP contribution < -0.4 is 11.3 Å². The fourth-order valence-electron chi connectivity index (χ4n) is 2.44. The van der Waals surface area contributed by atoms with Crippen molar-refractivity contribution < 1.29 is 34.4 Å². The van der Waals surface area contributed by atoms with Crippen LogP contribution in [0.4, 0.5) is 5.95 Å². The van der Waals surface area contributed by atoms with Crippen molar-refractivity contribution in [2.24, 2.45) is 0 Å². The van der Waals surface area contributed by atoms with E-state index in [1.54, 1.807) is 0 Å². The number of aliphatic hydroxyl groups is 3. The zero-order chi connectivity index (χ0) is 20.3. The molecule has 13 heteroatoms. The van der Waals surface area contributed by atoms with E-state index in [4.69, 9.17) is 15.6 Å². The second-order valence-corrected chi connectivity index (χ2v) is 5.59. The van der Waals surface area contributed by atoms with Gasteiger partial charge in [0.2, 0.25) is 5.95 Å². The Hall–Kier alpha value is -2.87. The molecule has 2 aromatic heterocycles. The van der Waals surface area contributed by atoms with Crippen molar-refractivity contribution in [3.63, 3.8) is 0 Å². The predicted molar refractivity (Wildman–Crippen MR) is 88.0 cm³/mol. The molecular weight excluding hydrogens is 366 g/mol. The molecule has 27 heavy (non-hydrogen) atoms. The lowest BCUT2D eigenvalue weighted by Crippen LogP contribution is -2.33. The SMILES string of the molecule is CC(=O)OC(C)=O.Nc1nc2c(ncn2[C@@H]2O[C@H](CO)[C@@H](O)[C@H]2O)c(=O)[nH]1. The first-order valence-electron chi connectivity index (χ1n) is 7.69. The van der Waals surface area contributed by atoms with Crippen LogP contribution >= 0.6 is 0 Å². The molecule has 2 aromatic rings. The first-order valence-corrected chi connectivity index (χ1v) is 7.69. The number of anilines is 1. The Balaban J connectivity index is 0.000000321. The van der Waals surface area contributed by atoms with Gasteiger partial charge in [-0.05, 0) is 0 Å². The monoisotopic (exact) mass is 385 g/mol. The Labute approximate surface area is 151 Å². The van der Waals surface area contributed by atoms with Crippen molar-refractivity contribution in [1.29, 1.82) is 0 Å². The number of H-pyrrole nitrogens is 1. The minimum absolute atomic E-state index is 0.0388. The summed E-state index contributed by atoms with van der Waals surface area (Å²) >= 11 is 0. The summed E-state index contributed by atoms with van der Waals surface area (Å²) in [5, 5.41) is 28.7. The molecule has 0 amide bonds. The van der Waals surface area contributed by atoms with Gasteiger partial charge in [0.15, 0.2) is 17.4 Å². The molecule has 1 fully saturated rings. The Morgan fingerprint density at radius 3 is 2.44 bits per heavy atom. The van der Waals surface area contributed by atoms with Gasteiger partial charge in [-0.25, -0.2) is 4.98 Å². The summed E-state index contributed by atoms with van der Waals surface area (Å²) in [6.07, 6.45) is -3.21. The molecule has 1 aliphatic heterocycles. The van der Waals surface area contributed by atoms with E-state index in [2.05, 4.69) is 19.7 Å². The maximum atomic E-state index is 11.7. The van der Waals surface area contributed by atoms with E-state index < -0.39 is 48.6 Å². The van der Waals surface area contributed by atoms with Gasteiger partial charge >= 0.3 is 11.9 Å². The van der Waals surface area contributed by atoms with E-state index in [0.29, 0.717) is 0 Å². The van der Waals surface area contributed by atoms with Crippen LogP contribution in [0.5, 0.6) is 0 Å². The number of hydrogen-bond acceptors (Lipinski definition) is 11. The highest BCUT2D eigenvalue weighted by atomic mass is 16.6. The summed E-state index contributed by atoms with van der Waals surface area (Å²) in [6, 6.07) is 0. The number of nitrogen functional groups attached to an aromatic ring is 1. The fraction of sp³-hybridized carbons (Fsp3) is 0.500. The van der Waals surface area contributed by atoms with Gasteiger partial charge in [-0.15, -0.1) is 0 Å². The summed E-state index contributed by atoms with van der Waals surface area (Å²) in [5.41, 5.74) is 5.12. The fourth-order valence-corrected chi connectivity index (χ4v) is 2.44. The second-order valence-electron chi connectivity index (χ2n) is 5.59. The Morgan fingerprint density at radius 2 is 1.96 bits per heavy atom. The van der Waals surface area contributed by atoms with E-state index in [-0.39, 0.29) is 17.1 Å². The van der Waals surface area contributed by atoms with Crippen LogP contribution in [0.3, 0.4) is 0 Å². The van der Waals surface area contributed by atoms with Crippen LogP contribution in [0.25, 0.3) is 11.2 Å². The third kappa shape index (κ3) is 4.46. The average molecular weight is 385 g/mol. The van der Waals surface area contributed by atoms with E-state index in [9.17, 15) is 24.6 Å². The number of esters is 2. The molecule has 0 unspecified atom stereocenters. The molecule has 1 saturated heterocycles. The lowest BCUT2D eigenvalue weighted by molar-refractivity contribution is -0.156. The van der Waals surface area contributed by atoms with Gasteiger partial charge < -0.3 is 30.5 Å². The van der Waals surface area contributed by atoms with Gasteiger partial charge in [-0.1, -0.05) is 0 Å². The molecule has 148 valence electrons. The maximum absolute atomic E-state index is 11.7. The number of aromatic nitrogens is 4. The van der Waals surface area contributed by atoms with Gasteiger partial charge in [-0.2, -0.15) is 4.98 Å². The molecule has 1 aliphatic rings. The summed E-state index contributed by atoms with van der Waals surface area (Å²) < 4.78 is 10.6. The zero-order valence-electron chi connectivity index (χ0n) is 14.4. The molecule has 0 spiro atoms. The van der Waals surface area contributed by atoms with Crippen LogP contribution in [0.1, 0.15) is 20.1 Å². The van der Waals surface area contributed by atoms with Crippen molar-refractivity contribution >= 4 is 29.1 Å². The lowest BCUT2D eigenvalue weighted by Gasteiger charge is -2.16. The Morgan fingerprint density at radius 1 is 1.33 bits per heavy atom. The minimum atomic E-state index is -1.29. The molecule has 0 aromatic carbocycles. The van der Waals surface area contributed by atoms with Crippen LogP contribution in [-0.4, -0.2) is 71.7 Å². The highest BCUT2D eigenvalue weighted by Gasteiger charge is 2.44. The topological polar surface area (TPSA) is 203 Å². The number of aromatic amines is 1. The first-order chi connectivity index (χ1) is 12.6. The van der Waals surface area contributed by atoms with Gasteiger partial charge in [-0.3, -0.25) is 23.9 Å². The number of fused-ring (bicyclic) bond motifs is 1. The maximum Gasteiger partial charge on any atom is 0.310 e. The number of hydrogen-bond donors (Lipinski definition) is 5. The highest BCUT2D eigenvalue weighted by Crippen LogP contribution is 2.30. The number of rotatable bonds is 2. The van der Waals surface area contributed by atoms with Crippen molar-refractivity contribution in [1.82, 2.24) is 19.5 Å². The molecule has 3 rings (SSSR count). The molecule has 0 bridgehead atoms. The van der Waals surface area contributed by atoms with Crippen LogP contribution in [-0.2, 0) is 19.1 Å². The smallest absolute Gasteiger partial charge is 0.310 e. The summed E-state index contributed by atoms with van der Waals surface area (Å²) in [7, 11) is 0. The Bertz CT molecular complexity index is 881. The third-order valence-electron chi connectivity index (χ3n) is 3.53. The number of carbonyl (C=O) groups is 2. The normalized spacial score (nSPS) is 24.3. The van der Waals surface area contributed by atoms with Crippen LogP contribution in [0.2, 0.25) is 0 Å². The number of nitrogens with zero attached hydrogens (tertiary/aromatic N) is 3. The lowest BCUT2D eigenvalue weighted by atomic mass is 10.1. The summed E-state index contributed by atoms with van der Waals surface area (Å²) in [6.45, 7) is 1.92. The number of nitrogens with two attached hydrogens (primary N) is 1. The van der Waals surface area contributed by atoms with Gasteiger partial charge in [0.05, 0.1) is 12.9 Å². The molecule has 6 N–H and O–H groups in total. The standard InChI is InChI=1S/C10H13N5O5.C4H6O3/c11-10-13-7-4(8(19)14-10)12-2-15(7)9-6(18)5(17)3(1-16)20-9;1-3(5)7-4(2)6/h2-3,5-6,9,16-18H,1H2,(H3,11,13,14,19);1-2H3/t3-,5-,6-,9-;/m1./s1. The number of carbonyl (C=O) groups excluding carboxylic acids is 2.